The second-order valence-corrected chi connectivity index (χ2v) is 2.15. The molecule has 0 bridgehead atoms. The van der Waals surface area contributed by atoms with Crippen LogP contribution in [0.5, 0.6) is 0 Å². The Bertz CT molecular complexity index is 181. The van der Waals surface area contributed by atoms with Crippen LogP contribution in [-0.2, 0) is 21.1 Å². The fraction of sp³-hybridized carbons (Fsp3) is 0.143. The molecule has 0 fully saturated rings. The predicted molar refractivity (Wildman–Crippen MR) is 64.0 cm³/mol. The number of rotatable bonds is 0. The van der Waals surface area contributed by atoms with Crippen molar-refractivity contribution in [3.63, 3.8) is 0 Å². The van der Waals surface area contributed by atoms with Crippen molar-refractivity contribution in [1.29, 1.82) is 0 Å². The number of hydrogen-bond donors (Lipinski definition) is 0. The third-order valence-electron chi connectivity index (χ3n) is 1.21. The third-order valence-corrected chi connectivity index (χ3v) is 1.21. The van der Waals surface area contributed by atoms with E-state index in [2.05, 4.69) is 12.1 Å². The molecule has 0 aliphatic carbocycles. The van der Waals surface area contributed by atoms with Gasteiger partial charge in [0.2, 0.25) is 0 Å². The zero-order valence-electron chi connectivity index (χ0n) is 7.18. The molecule has 0 amide bonds. The summed E-state index contributed by atoms with van der Waals surface area (Å²) in [5.74, 6) is 0. The second kappa shape index (κ2) is 15.6. The minimum Gasteiger partial charge on any atom is -0.184 e. The zero-order valence-corrected chi connectivity index (χ0v) is 10.1. The van der Waals surface area contributed by atoms with Gasteiger partial charge in [-0.25, -0.2) is 0 Å². The zero-order chi connectivity index (χ0) is 8.49. The normalized spacial score (nSPS) is 6.40. The monoisotopic (exact) mass is 370 g/mol. The van der Waals surface area contributed by atoms with Gasteiger partial charge in [0.25, 0.3) is 0 Å². The summed E-state index contributed by atoms with van der Waals surface area (Å²) in [6.45, 7) is 0. The van der Waals surface area contributed by atoms with Crippen LogP contribution in [0.25, 0.3) is 0 Å². The molecule has 2 rings (SSSR count). The molecule has 15 heavy (non-hydrogen) atoms. The average molecular weight is 370 g/mol. The van der Waals surface area contributed by atoms with E-state index in [-0.39, 0.29) is 35.9 Å². The van der Waals surface area contributed by atoms with Crippen molar-refractivity contribution < 1.29 is 21.1 Å². The molecule has 0 heterocycles. The molecule has 0 aliphatic rings. The Morgan fingerprint density at radius 1 is 0.467 bits per heavy atom. The molecule has 0 N–H and O–H groups in total. The molecule has 0 unspecified atom stereocenters. The molecule has 0 atom stereocenters. The first-order valence-corrected chi connectivity index (χ1v) is 3.82. The van der Waals surface area contributed by atoms with Crippen LogP contribution >= 0.6 is 0 Å². The van der Waals surface area contributed by atoms with Gasteiger partial charge in [-0.3, -0.25) is 0 Å². The number of benzene rings is 2. The van der Waals surface area contributed by atoms with Gasteiger partial charge in [-0.05, 0) is 0 Å². The van der Waals surface area contributed by atoms with Gasteiger partial charge in [0.05, 0.1) is 0 Å². The van der Waals surface area contributed by atoms with E-state index < -0.39 is 0 Å². The van der Waals surface area contributed by atoms with E-state index in [9.17, 15) is 0 Å². The maximum Gasteiger partial charge on any atom is 2.00 e. The molecule has 0 saturated carbocycles. The summed E-state index contributed by atoms with van der Waals surface area (Å²) in [5, 5.41) is 0. The molecule has 2 aromatic rings. The van der Waals surface area contributed by atoms with Crippen molar-refractivity contribution in [2.45, 2.75) is 14.9 Å². The summed E-state index contributed by atoms with van der Waals surface area (Å²) >= 11 is 0. The summed E-state index contributed by atoms with van der Waals surface area (Å²) in [4.78, 5) is 0. The van der Waals surface area contributed by atoms with Crippen molar-refractivity contribution in [3.8, 4) is 0 Å². The van der Waals surface area contributed by atoms with E-state index in [1.807, 2.05) is 60.7 Å². The molecule has 0 nitrogen and oxygen atoms in total. The first kappa shape index (κ1) is 19.7. The van der Waals surface area contributed by atoms with E-state index in [1.165, 1.54) is 0 Å². The minimum absolute atomic E-state index is 0. The molecule has 0 radical (unpaired) electrons. The molecular weight excluding hydrogens is 352 g/mol. The predicted octanol–water partition coefficient (Wildman–Crippen LogP) is 4.24. The fourth-order valence-corrected chi connectivity index (χ4v) is 0.684. The average Bonchev–Trinajstić information content (AvgIpc) is 2.24. The van der Waals surface area contributed by atoms with Crippen molar-refractivity contribution >= 4 is 0 Å². The Labute approximate surface area is 109 Å². The van der Waals surface area contributed by atoms with Gasteiger partial charge in [-0.2, -0.15) is 72.8 Å². The number of hydrogen-bond acceptors (Lipinski definition) is 0. The molecule has 80 valence electrons. The van der Waals surface area contributed by atoms with Crippen LogP contribution in [0.3, 0.4) is 0 Å². The molecule has 1 heteroatoms. The van der Waals surface area contributed by atoms with E-state index in [0.717, 1.165) is 0 Å². The van der Waals surface area contributed by atoms with Crippen LogP contribution in [0.1, 0.15) is 14.9 Å². The second-order valence-electron chi connectivity index (χ2n) is 2.15. The Morgan fingerprint density at radius 3 is 0.800 bits per heavy atom. The van der Waals surface area contributed by atoms with Crippen LogP contribution in [-0.4, -0.2) is 0 Å². The van der Waals surface area contributed by atoms with Crippen LogP contribution in [0.15, 0.2) is 60.7 Å². The van der Waals surface area contributed by atoms with Crippen LogP contribution < -0.4 is 0 Å². The van der Waals surface area contributed by atoms with E-state index in [0.29, 0.717) is 0 Å². The Hall–Kier alpha value is -0.872. The van der Waals surface area contributed by atoms with Gasteiger partial charge in [-0.1, -0.05) is 14.9 Å². The Morgan fingerprint density at radius 2 is 0.733 bits per heavy atom. The van der Waals surface area contributed by atoms with Gasteiger partial charge in [0.1, 0.15) is 0 Å². The standard InChI is InChI=1S/2C6H5.2CH4.W/c2*1-2-4-6-5-3-1;;;/h2*1-5H;2*1H4;/q2*-1;;;+2. The maximum absolute atomic E-state index is 2.89. The van der Waals surface area contributed by atoms with Crippen molar-refractivity contribution in [1.82, 2.24) is 0 Å². The SMILES string of the molecule is C.C.[W+2].[c-]1ccccc1.[c-]1ccccc1. The topological polar surface area (TPSA) is 0 Å². The van der Waals surface area contributed by atoms with E-state index in [1.54, 1.807) is 0 Å². The summed E-state index contributed by atoms with van der Waals surface area (Å²) in [7, 11) is 0. The van der Waals surface area contributed by atoms with Crippen molar-refractivity contribution in [3.05, 3.63) is 72.8 Å². The van der Waals surface area contributed by atoms with Gasteiger partial charge in [0, 0.05) is 0 Å². The third kappa shape index (κ3) is 13.1. The van der Waals surface area contributed by atoms with Crippen molar-refractivity contribution in [2.24, 2.45) is 0 Å². The summed E-state index contributed by atoms with van der Waals surface area (Å²) < 4.78 is 0. The largest absolute Gasteiger partial charge is 2.00 e. The maximum atomic E-state index is 2.89. The van der Waals surface area contributed by atoms with Crippen LogP contribution in [0.2, 0.25) is 0 Å². The van der Waals surface area contributed by atoms with E-state index >= 15 is 0 Å². The van der Waals surface area contributed by atoms with Crippen LogP contribution in [0.4, 0.5) is 0 Å². The molecule has 0 spiro atoms. The molecule has 2 aromatic carbocycles. The van der Waals surface area contributed by atoms with Crippen molar-refractivity contribution in [2.75, 3.05) is 0 Å². The van der Waals surface area contributed by atoms with Crippen LogP contribution in [0, 0.1) is 12.1 Å². The Balaban J connectivity index is -0.000000160. The van der Waals surface area contributed by atoms with Gasteiger partial charge in [0.15, 0.2) is 0 Å². The molecule has 0 aliphatic heterocycles. The fourth-order valence-electron chi connectivity index (χ4n) is 0.684. The molecule has 0 aromatic heterocycles. The smallest absolute Gasteiger partial charge is 0.184 e. The first-order chi connectivity index (χ1) is 6.00. The van der Waals surface area contributed by atoms with Gasteiger partial charge in [-0.15, -0.1) is 0 Å². The summed E-state index contributed by atoms with van der Waals surface area (Å²) in [6, 6.07) is 25.0. The minimum atomic E-state index is 0. The summed E-state index contributed by atoms with van der Waals surface area (Å²) in [5.41, 5.74) is 0. The quantitative estimate of drug-likeness (QED) is 0.609. The summed E-state index contributed by atoms with van der Waals surface area (Å²) in [6.07, 6.45) is 0. The van der Waals surface area contributed by atoms with Gasteiger partial charge >= 0.3 is 21.1 Å². The van der Waals surface area contributed by atoms with E-state index in [4.69, 9.17) is 0 Å². The van der Waals surface area contributed by atoms with Gasteiger partial charge < -0.3 is 0 Å². The molecular formula is C14H18W. The first-order valence-electron chi connectivity index (χ1n) is 3.82. The Kier molecular flexibility index (Phi) is 20.4. The molecule has 0 saturated heterocycles.